The minimum absolute atomic E-state index is 0.170. The van der Waals surface area contributed by atoms with E-state index in [0.29, 0.717) is 11.3 Å². The Balaban J connectivity index is 1.87. The second-order valence-electron chi connectivity index (χ2n) is 5.68. The van der Waals surface area contributed by atoms with Crippen molar-refractivity contribution in [3.63, 3.8) is 0 Å². The van der Waals surface area contributed by atoms with Gasteiger partial charge in [0.25, 0.3) is 5.56 Å². The zero-order valence-electron chi connectivity index (χ0n) is 14.0. The minimum Gasteiger partial charge on any atom is -0.417 e. The Bertz CT molecular complexity index is 1020. The van der Waals surface area contributed by atoms with Crippen molar-refractivity contribution in [2.24, 2.45) is 0 Å². The monoisotopic (exact) mass is 397 g/mol. The maximum atomic E-state index is 12.8. The summed E-state index contributed by atoms with van der Waals surface area (Å²) in [6.07, 6.45) is -3.26. The van der Waals surface area contributed by atoms with Crippen molar-refractivity contribution in [1.82, 2.24) is 14.8 Å². The third-order valence-electron chi connectivity index (χ3n) is 3.70. The lowest BCUT2D eigenvalue weighted by Gasteiger charge is -2.10. The predicted molar refractivity (Wildman–Crippen MR) is 88.9 cm³/mol. The normalized spacial score (nSPS) is 11.6. The number of aromatic nitrogens is 3. The lowest BCUT2D eigenvalue weighted by Crippen LogP contribution is -2.23. The van der Waals surface area contributed by atoms with E-state index >= 15 is 0 Å². The summed E-state index contributed by atoms with van der Waals surface area (Å²) in [5.74, 6) is -0.281. The van der Waals surface area contributed by atoms with Crippen LogP contribution in [0.15, 0.2) is 59.5 Å². The van der Waals surface area contributed by atoms with Crippen LogP contribution in [0.25, 0.3) is 11.3 Å². The number of halogens is 5. The highest BCUT2D eigenvalue weighted by atomic mass is 19.4. The number of nitrogens with zero attached hydrogens (tertiary/aromatic N) is 3. The average Bonchev–Trinajstić information content (AvgIpc) is 2.63. The van der Waals surface area contributed by atoms with Crippen LogP contribution < -0.4 is 10.3 Å². The molecule has 0 aliphatic carbocycles. The maximum absolute atomic E-state index is 12.8. The molecule has 0 radical (unpaired) electrons. The first-order valence-electron chi connectivity index (χ1n) is 7.88. The molecule has 5 nitrogen and oxygen atoms in total. The van der Waals surface area contributed by atoms with E-state index in [-0.39, 0.29) is 18.0 Å². The van der Waals surface area contributed by atoms with Gasteiger partial charge in [0.2, 0.25) is 5.88 Å². The molecule has 0 amide bonds. The van der Waals surface area contributed by atoms with Gasteiger partial charge in [-0.2, -0.15) is 27.1 Å². The molecule has 0 aliphatic heterocycles. The zero-order valence-corrected chi connectivity index (χ0v) is 14.0. The number of alkyl halides is 5. The molecule has 28 heavy (non-hydrogen) atoms. The van der Waals surface area contributed by atoms with Crippen LogP contribution in [0.4, 0.5) is 22.0 Å². The summed E-state index contributed by atoms with van der Waals surface area (Å²) >= 11 is 0. The maximum Gasteiger partial charge on any atom is 0.416 e. The summed E-state index contributed by atoms with van der Waals surface area (Å²) < 4.78 is 68.0. The molecule has 0 N–H and O–H groups in total. The van der Waals surface area contributed by atoms with Crippen LogP contribution in [0.1, 0.15) is 11.1 Å². The molecular weight excluding hydrogens is 385 g/mol. The van der Waals surface area contributed by atoms with E-state index in [0.717, 1.165) is 16.8 Å². The van der Waals surface area contributed by atoms with E-state index in [1.54, 1.807) is 0 Å². The average molecular weight is 397 g/mol. The first-order chi connectivity index (χ1) is 13.2. The Kier molecular flexibility index (Phi) is 5.39. The van der Waals surface area contributed by atoms with Crippen molar-refractivity contribution >= 4 is 0 Å². The number of pyridine rings is 1. The number of benzene rings is 1. The molecule has 0 unspecified atom stereocenters. The molecule has 1 aromatic carbocycles. The van der Waals surface area contributed by atoms with Crippen LogP contribution in [-0.2, 0) is 12.7 Å². The van der Waals surface area contributed by atoms with Gasteiger partial charge in [0.15, 0.2) is 0 Å². The molecule has 0 aliphatic rings. The van der Waals surface area contributed by atoms with Crippen molar-refractivity contribution in [3.8, 4) is 17.1 Å². The Labute approximate surface area is 155 Å². The molecular formula is C18H12F5N3O2. The second kappa shape index (κ2) is 7.75. The number of hydrogen-bond acceptors (Lipinski definition) is 4. The van der Waals surface area contributed by atoms with E-state index in [4.69, 9.17) is 0 Å². The third-order valence-corrected chi connectivity index (χ3v) is 3.70. The second-order valence-corrected chi connectivity index (χ2v) is 5.68. The molecule has 0 saturated carbocycles. The fourth-order valence-electron chi connectivity index (χ4n) is 2.43. The Morgan fingerprint density at radius 3 is 2.50 bits per heavy atom. The molecule has 2 heterocycles. The molecule has 0 bridgehead atoms. The first kappa shape index (κ1) is 19.5. The lowest BCUT2D eigenvalue weighted by molar-refractivity contribution is -0.137. The molecule has 146 valence electrons. The fourth-order valence-corrected chi connectivity index (χ4v) is 2.43. The van der Waals surface area contributed by atoms with Crippen molar-refractivity contribution in [2.75, 3.05) is 0 Å². The molecule has 0 atom stereocenters. The van der Waals surface area contributed by atoms with Gasteiger partial charge in [0.1, 0.15) is 0 Å². The Morgan fingerprint density at radius 2 is 1.86 bits per heavy atom. The van der Waals surface area contributed by atoms with E-state index in [9.17, 15) is 26.7 Å². The van der Waals surface area contributed by atoms with Gasteiger partial charge in [-0.3, -0.25) is 4.79 Å². The third kappa shape index (κ3) is 4.70. The quantitative estimate of drug-likeness (QED) is 0.612. The van der Waals surface area contributed by atoms with Crippen LogP contribution in [0.3, 0.4) is 0 Å². The minimum atomic E-state index is -4.50. The van der Waals surface area contributed by atoms with E-state index in [1.807, 2.05) is 0 Å². The van der Waals surface area contributed by atoms with Crippen LogP contribution >= 0.6 is 0 Å². The molecule has 0 saturated heterocycles. The van der Waals surface area contributed by atoms with E-state index in [1.165, 1.54) is 42.6 Å². The van der Waals surface area contributed by atoms with Gasteiger partial charge in [-0.25, -0.2) is 9.67 Å². The van der Waals surface area contributed by atoms with Crippen molar-refractivity contribution in [2.45, 2.75) is 19.3 Å². The summed E-state index contributed by atoms with van der Waals surface area (Å²) in [6, 6.07) is 9.82. The smallest absolute Gasteiger partial charge is 0.416 e. The number of hydrogen-bond donors (Lipinski definition) is 0. The highest BCUT2D eigenvalue weighted by Crippen LogP contribution is 2.29. The van der Waals surface area contributed by atoms with Crippen LogP contribution in [0.5, 0.6) is 5.88 Å². The zero-order chi connectivity index (χ0) is 20.3. The topological polar surface area (TPSA) is 57.0 Å². The Morgan fingerprint density at radius 1 is 1.07 bits per heavy atom. The summed E-state index contributed by atoms with van der Waals surface area (Å²) in [7, 11) is 0. The molecule has 2 aromatic heterocycles. The van der Waals surface area contributed by atoms with E-state index in [2.05, 4.69) is 14.8 Å². The predicted octanol–water partition coefficient (Wildman–Crippen LogP) is 3.97. The standard InChI is InChI=1S/C18H12F5N3O2/c19-17(20)28-15-6-4-12(9-24-15)14-5-7-16(27)26(25-14)10-11-2-1-3-13(8-11)18(21,22)23/h1-9,17H,10H2. The number of rotatable bonds is 5. The molecule has 10 heteroatoms. The first-order valence-corrected chi connectivity index (χ1v) is 7.88. The van der Waals surface area contributed by atoms with Crippen LogP contribution in [-0.4, -0.2) is 21.4 Å². The molecule has 0 spiro atoms. The molecule has 3 rings (SSSR count). The van der Waals surface area contributed by atoms with Crippen LogP contribution in [0.2, 0.25) is 0 Å². The highest BCUT2D eigenvalue weighted by Gasteiger charge is 2.30. The van der Waals surface area contributed by atoms with Gasteiger partial charge < -0.3 is 4.74 Å². The van der Waals surface area contributed by atoms with Crippen molar-refractivity contribution < 1.29 is 26.7 Å². The van der Waals surface area contributed by atoms with E-state index < -0.39 is 23.9 Å². The van der Waals surface area contributed by atoms with Gasteiger partial charge in [0.05, 0.1) is 17.8 Å². The van der Waals surface area contributed by atoms with Gasteiger partial charge >= 0.3 is 12.8 Å². The summed E-state index contributed by atoms with van der Waals surface area (Å²) in [6.45, 7) is -3.18. The highest BCUT2D eigenvalue weighted by molar-refractivity contribution is 5.57. The summed E-state index contributed by atoms with van der Waals surface area (Å²) in [5, 5.41) is 4.11. The number of ether oxygens (including phenoxy) is 1. The van der Waals surface area contributed by atoms with Crippen molar-refractivity contribution in [1.29, 1.82) is 0 Å². The summed E-state index contributed by atoms with van der Waals surface area (Å²) in [5.41, 5.74) is -0.373. The molecule has 0 fully saturated rings. The largest absolute Gasteiger partial charge is 0.417 e. The summed E-state index contributed by atoms with van der Waals surface area (Å²) in [4.78, 5) is 15.7. The SMILES string of the molecule is O=c1ccc(-c2ccc(OC(F)F)nc2)nn1Cc1cccc(C(F)(F)F)c1. The Hall–Kier alpha value is -3.30. The van der Waals surface area contributed by atoms with Gasteiger partial charge in [-0.15, -0.1) is 0 Å². The van der Waals surface area contributed by atoms with Crippen molar-refractivity contribution in [3.05, 3.63) is 76.2 Å². The molecule has 3 aromatic rings. The van der Waals surface area contributed by atoms with Gasteiger partial charge in [0, 0.05) is 23.9 Å². The van der Waals surface area contributed by atoms with Gasteiger partial charge in [-0.1, -0.05) is 12.1 Å². The van der Waals surface area contributed by atoms with Gasteiger partial charge in [-0.05, 0) is 29.8 Å². The fraction of sp³-hybridized carbons (Fsp3) is 0.167. The van der Waals surface area contributed by atoms with Crippen LogP contribution in [0, 0.1) is 0 Å². The lowest BCUT2D eigenvalue weighted by atomic mass is 10.1.